The zero-order chi connectivity index (χ0) is 14.0. The van der Waals surface area contributed by atoms with Gasteiger partial charge in [-0.2, -0.15) is 0 Å². The molecule has 1 aromatic carbocycles. The van der Waals surface area contributed by atoms with Gasteiger partial charge in [0.15, 0.2) is 11.1 Å². The molecule has 0 aliphatic carbocycles. The van der Waals surface area contributed by atoms with Crippen molar-refractivity contribution in [3.8, 4) is 0 Å². The lowest BCUT2D eigenvalue weighted by Gasteiger charge is -2.31. The average molecular weight is 268 g/mol. The van der Waals surface area contributed by atoms with Gasteiger partial charge in [-0.3, -0.25) is 4.18 Å². The standard InChI is InChI=1S/C15H24O2S/c1-12-7-9-13(10-8-12)18(16)17-15(5,6)11-14(2,3)4/h7-10H,11H2,1-6H3. The van der Waals surface area contributed by atoms with E-state index < -0.39 is 16.7 Å². The van der Waals surface area contributed by atoms with Crippen molar-refractivity contribution in [1.82, 2.24) is 0 Å². The van der Waals surface area contributed by atoms with E-state index in [1.165, 1.54) is 0 Å². The summed E-state index contributed by atoms with van der Waals surface area (Å²) in [4.78, 5) is 0.725. The Hall–Kier alpha value is -0.670. The number of benzene rings is 1. The molecule has 2 nitrogen and oxygen atoms in total. The summed E-state index contributed by atoms with van der Waals surface area (Å²) in [6.45, 7) is 12.5. The van der Waals surface area contributed by atoms with Gasteiger partial charge in [0.1, 0.15) is 0 Å². The molecule has 0 spiro atoms. The van der Waals surface area contributed by atoms with E-state index in [-0.39, 0.29) is 5.41 Å². The topological polar surface area (TPSA) is 26.3 Å². The lowest BCUT2D eigenvalue weighted by Crippen LogP contribution is -2.31. The Balaban J connectivity index is 2.72. The summed E-state index contributed by atoms with van der Waals surface area (Å²) >= 11 is -1.40. The highest BCUT2D eigenvalue weighted by molar-refractivity contribution is 7.80. The van der Waals surface area contributed by atoms with Crippen molar-refractivity contribution in [3.05, 3.63) is 29.8 Å². The first-order valence-corrected chi connectivity index (χ1v) is 7.34. The van der Waals surface area contributed by atoms with Crippen molar-refractivity contribution in [3.63, 3.8) is 0 Å². The van der Waals surface area contributed by atoms with Crippen LogP contribution in [0.3, 0.4) is 0 Å². The van der Waals surface area contributed by atoms with Crippen molar-refractivity contribution in [2.75, 3.05) is 0 Å². The first kappa shape index (κ1) is 15.4. The van der Waals surface area contributed by atoms with Crippen LogP contribution in [0.15, 0.2) is 29.2 Å². The molecule has 0 N–H and O–H groups in total. The second kappa shape index (κ2) is 5.54. The van der Waals surface area contributed by atoms with Crippen LogP contribution in [0, 0.1) is 12.3 Å². The molecule has 0 aromatic heterocycles. The molecule has 0 amide bonds. The fourth-order valence-corrected chi connectivity index (χ4v) is 3.13. The minimum atomic E-state index is -1.40. The van der Waals surface area contributed by atoms with E-state index in [0.717, 1.165) is 16.9 Å². The second-order valence-corrected chi connectivity index (χ2v) is 7.74. The van der Waals surface area contributed by atoms with Crippen LogP contribution in [-0.4, -0.2) is 9.81 Å². The second-order valence-electron chi connectivity index (χ2n) is 6.63. The third-order valence-electron chi connectivity index (χ3n) is 2.47. The van der Waals surface area contributed by atoms with Gasteiger partial charge in [-0.15, -0.1) is 0 Å². The van der Waals surface area contributed by atoms with Crippen LogP contribution in [-0.2, 0) is 15.3 Å². The van der Waals surface area contributed by atoms with Crippen molar-refractivity contribution >= 4 is 11.1 Å². The SMILES string of the molecule is Cc1ccc(S(=O)OC(C)(C)CC(C)(C)C)cc1. The molecule has 0 radical (unpaired) electrons. The van der Waals surface area contributed by atoms with Gasteiger partial charge in [0, 0.05) is 0 Å². The fourth-order valence-electron chi connectivity index (χ4n) is 2.21. The van der Waals surface area contributed by atoms with Gasteiger partial charge < -0.3 is 0 Å². The highest BCUT2D eigenvalue weighted by atomic mass is 32.2. The highest BCUT2D eigenvalue weighted by Gasteiger charge is 2.28. The van der Waals surface area contributed by atoms with Crippen LogP contribution in [0.4, 0.5) is 0 Å². The molecule has 1 atom stereocenters. The van der Waals surface area contributed by atoms with Gasteiger partial charge in [0.25, 0.3) is 0 Å². The number of aryl methyl sites for hydroxylation is 1. The lowest BCUT2D eigenvalue weighted by atomic mass is 9.84. The molecule has 0 saturated heterocycles. The maximum absolute atomic E-state index is 12.1. The van der Waals surface area contributed by atoms with Crippen molar-refractivity contribution in [2.24, 2.45) is 5.41 Å². The Morgan fingerprint density at radius 1 is 1.06 bits per heavy atom. The Morgan fingerprint density at radius 3 is 2.00 bits per heavy atom. The first-order valence-electron chi connectivity index (χ1n) is 6.27. The van der Waals surface area contributed by atoms with Crippen molar-refractivity contribution < 1.29 is 8.39 Å². The molecular formula is C15H24O2S. The molecule has 0 fully saturated rings. The van der Waals surface area contributed by atoms with Crippen LogP contribution in [0.25, 0.3) is 0 Å². The molecule has 1 aromatic rings. The smallest absolute Gasteiger partial charge is 0.189 e. The monoisotopic (exact) mass is 268 g/mol. The lowest BCUT2D eigenvalue weighted by molar-refractivity contribution is 0.0770. The van der Waals surface area contributed by atoms with Gasteiger partial charge in [0.2, 0.25) is 0 Å². The van der Waals surface area contributed by atoms with Crippen molar-refractivity contribution in [2.45, 2.75) is 58.5 Å². The largest absolute Gasteiger partial charge is 0.281 e. The molecule has 3 heteroatoms. The molecule has 0 heterocycles. The summed E-state index contributed by atoms with van der Waals surface area (Å²) in [5.74, 6) is 0. The van der Waals surface area contributed by atoms with Crippen LogP contribution >= 0.6 is 0 Å². The normalized spacial score (nSPS) is 14.6. The molecule has 0 aliphatic rings. The minimum absolute atomic E-state index is 0.154. The summed E-state index contributed by atoms with van der Waals surface area (Å²) in [7, 11) is 0. The maximum atomic E-state index is 12.1. The number of rotatable bonds is 4. The minimum Gasteiger partial charge on any atom is -0.281 e. The van der Waals surface area contributed by atoms with E-state index in [1.54, 1.807) is 0 Å². The zero-order valence-corrected chi connectivity index (χ0v) is 13.1. The summed E-state index contributed by atoms with van der Waals surface area (Å²) in [5.41, 5.74) is 0.916. The molecule has 0 saturated carbocycles. The van der Waals surface area contributed by atoms with Crippen LogP contribution in [0.2, 0.25) is 0 Å². The fraction of sp³-hybridized carbons (Fsp3) is 0.600. The van der Waals surface area contributed by atoms with E-state index in [0.29, 0.717) is 0 Å². The molecule has 0 aliphatic heterocycles. The molecule has 18 heavy (non-hydrogen) atoms. The van der Waals surface area contributed by atoms with E-state index in [4.69, 9.17) is 4.18 Å². The molecule has 1 unspecified atom stereocenters. The van der Waals surface area contributed by atoms with Crippen LogP contribution in [0.1, 0.15) is 46.6 Å². The summed E-state index contributed by atoms with van der Waals surface area (Å²) < 4.78 is 17.9. The Labute approximate surface area is 113 Å². The van der Waals surface area contributed by atoms with E-state index in [9.17, 15) is 4.21 Å². The van der Waals surface area contributed by atoms with Crippen LogP contribution in [0.5, 0.6) is 0 Å². The predicted molar refractivity (Wildman–Crippen MR) is 76.8 cm³/mol. The van der Waals surface area contributed by atoms with Crippen LogP contribution < -0.4 is 0 Å². The zero-order valence-electron chi connectivity index (χ0n) is 12.2. The predicted octanol–water partition coefficient (Wildman–Crippen LogP) is 4.25. The van der Waals surface area contributed by atoms with Gasteiger partial charge in [-0.25, -0.2) is 4.21 Å². The summed E-state index contributed by atoms with van der Waals surface area (Å²) in [6.07, 6.45) is 0.859. The molecule has 1 rings (SSSR count). The Morgan fingerprint density at radius 2 is 1.56 bits per heavy atom. The molecular weight excluding hydrogens is 244 g/mol. The van der Waals surface area contributed by atoms with Crippen molar-refractivity contribution in [1.29, 1.82) is 0 Å². The third kappa shape index (κ3) is 5.32. The number of hydrogen-bond donors (Lipinski definition) is 0. The van der Waals surface area contributed by atoms with Gasteiger partial charge in [0.05, 0.1) is 10.5 Å². The molecule has 102 valence electrons. The Bertz CT molecular complexity index is 413. The Kier molecular flexibility index (Phi) is 4.73. The van der Waals surface area contributed by atoms with E-state index in [1.807, 2.05) is 45.0 Å². The highest BCUT2D eigenvalue weighted by Crippen LogP contribution is 2.31. The van der Waals surface area contributed by atoms with Gasteiger partial charge >= 0.3 is 0 Å². The maximum Gasteiger partial charge on any atom is 0.189 e. The molecule has 0 bridgehead atoms. The first-order chi connectivity index (χ1) is 8.09. The average Bonchev–Trinajstić information content (AvgIpc) is 2.13. The number of hydrogen-bond acceptors (Lipinski definition) is 2. The summed E-state index contributed by atoms with van der Waals surface area (Å²) in [5, 5.41) is 0. The van der Waals surface area contributed by atoms with Gasteiger partial charge in [-0.05, 0) is 44.7 Å². The third-order valence-corrected chi connectivity index (χ3v) is 3.73. The summed E-state index contributed by atoms with van der Waals surface area (Å²) in [6, 6.07) is 7.62. The quantitative estimate of drug-likeness (QED) is 0.816. The van der Waals surface area contributed by atoms with E-state index in [2.05, 4.69) is 20.8 Å². The van der Waals surface area contributed by atoms with E-state index >= 15 is 0 Å². The van der Waals surface area contributed by atoms with Gasteiger partial charge in [-0.1, -0.05) is 38.5 Å².